The zero-order valence-electron chi connectivity index (χ0n) is 10.9. The topological polar surface area (TPSA) is 46.3 Å². The van der Waals surface area contributed by atoms with Crippen LogP contribution in [0.1, 0.15) is 15.9 Å². The number of nitrogens with zero attached hydrogens (tertiary/aromatic N) is 1. The number of carbonyl (C=O) groups is 1. The number of nitrogen functional groups attached to an aromatic ring is 1. The molecular formula is C15H14ClFN2O. The lowest BCUT2D eigenvalue weighted by Gasteiger charge is -2.18. The summed E-state index contributed by atoms with van der Waals surface area (Å²) in [4.78, 5) is 13.6. The molecule has 2 rings (SSSR count). The van der Waals surface area contributed by atoms with E-state index in [0.29, 0.717) is 21.8 Å². The second kappa shape index (κ2) is 5.92. The molecule has 0 aliphatic carbocycles. The molecule has 0 bridgehead atoms. The standard InChI is InChI=1S/C15H14ClFN2O/c1-19(9-12-13(16)3-2-4-14(12)17)15(20)10-5-7-11(18)8-6-10/h2-8H,9,18H2,1H3. The average Bonchev–Trinajstić information content (AvgIpc) is 2.43. The van der Waals surface area contributed by atoms with E-state index in [9.17, 15) is 9.18 Å². The van der Waals surface area contributed by atoms with Crippen molar-refractivity contribution in [3.05, 3.63) is 64.4 Å². The van der Waals surface area contributed by atoms with Gasteiger partial charge in [0.05, 0.1) is 0 Å². The SMILES string of the molecule is CN(Cc1c(F)cccc1Cl)C(=O)c1ccc(N)cc1. The van der Waals surface area contributed by atoms with Gasteiger partial charge in [-0.25, -0.2) is 4.39 Å². The molecule has 3 nitrogen and oxygen atoms in total. The van der Waals surface area contributed by atoms with Gasteiger partial charge in [0.1, 0.15) is 5.82 Å². The Labute approximate surface area is 121 Å². The van der Waals surface area contributed by atoms with E-state index in [2.05, 4.69) is 0 Å². The molecule has 1 amide bonds. The van der Waals surface area contributed by atoms with Gasteiger partial charge in [0.2, 0.25) is 0 Å². The van der Waals surface area contributed by atoms with Gasteiger partial charge < -0.3 is 10.6 Å². The first-order valence-corrected chi connectivity index (χ1v) is 6.40. The Morgan fingerprint density at radius 3 is 2.50 bits per heavy atom. The summed E-state index contributed by atoms with van der Waals surface area (Å²) in [6.45, 7) is 0.106. The van der Waals surface area contributed by atoms with Crippen molar-refractivity contribution in [2.45, 2.75) is 6.54 Å². The molecule has 0 spiro atoms. The molecule has 0 fully saturated rings. The first-order valence-electron chi connectivity index (χ1n) is 6.03. The number of benzene rings is 2. The predicted molar refractivity (Wildman–Crippen MR) is 78.1 cm³/mol. The van der Waals surface area contributed by atoms with Crippen LogP contribution in [0.15, 0.2) is 42.5 Å². The largest absolute Gasteiger partial charge is 0.399 e. The van der Waals surface area contributed by atoms with Crippen LogP contribution in [-0.2, 0) is 6.54 Å². The Kier molecular flexibility index (Phi) is 4.25. The molecule has 2 aromatic carbocycles. The smallest absolute Gasteiger partial charge is 0.253 e. The third-order valence-electron chi connectivity index (χ3n) is 2.96. The van der Waals surface area contributed by atoms with Crippen LogP contribution in [0.4, 0.5) is 10.1 Å². The van der Waals surface area contributed by atoms with Gasteiger partial charge in [-0.15, -0.1) is 0 Å². The molecule has 0 aliphatic heterocycles. The van der Waals surface area contributed by atoms with E-state index < -0.39 is 5.82 Å². The van der Waals surface area contributed by atoms with E-state index in [1.165, 1.54) is 17.0 Å². The minimum absolute atomic E-state index is 0.106. The molecule has 20 heavy (non-hydrogen) atoms. The van der Waals surface area contributed by atoms with Crippen molar-refractivity contribution in [3.8, 4) is 0 Å². The van der Waals surface area contributed by atoms with E-state index in [-0.39, 0.29) is 12.5 Å². The molecule has 0 saturated carbocycles. The van der Waals surface area contributed by atoms with Crippen molar-refractivity contribution in [1.82, 2.24) is 4.90 Å². The number of hydrogen-bond donors (Lipinski definition) is 1. The van der Waals surface area contributed by atoms with Crippen LogP contribution in [0.3, 0.4) is 0 Å². The van der Waals surface area contributed by atoms with Crippen LogP contribution in [-0.4, -0.2) is 17.9 Å². The van der Waals surface area contributed by atoms with Crippen molar-refractivity contribution in [2.24, 2.45) is 0 Å². The van der Waals surface area contributed by atoms with Gasteiger partial charge in [-0.2, -0.15) is 0 Å². The lowest BCUT2D eigenvalue weighted by Crippen LogP contribution is -2.26. The quantitative estimate of drug-likeness (QED) is 0.882. The van der Waals surface area contributed by atoms with Gasteiger partial charge in [0.25, 0.3) is 5.91 Å². The van der Waals surface area contributed by atoms with E-state index in [1.807, 2.05) is 0 Å². The van der Waals surface area contributed by atoms with Crippen molar-refractivity contribution in [3.63, 3.8) is 0 Å². The maximum Gasteiger partial charge on any atom is 0.253 e. The molecule has 2 N–H and O–H groups in total. The summed E-state index contributed by atoms with van der Waals surface area (Å²) in [6, 6.07) is 11.0. The van der Waals surface area contributed by atoms with Crippen molar-refractivity contribution in [2.75, 3.05) is 12.8 Å². The average molecular weight is 293 g/mol. The van der Waals surface area contributed by atoms with Gasteiger partial charge in [0.15, 0.2) is 0 Å². The number of anilines is 1. The summed E-state index contributed by atoms with van der Waals surface area (Å²) < 4.78 is 13.7. The zero-order valence-corrected chi connectivity index (χ0v) is 11.7. The summed E-state index contributed by atoms with van der Waals surface area (Å²) in [5.74, 6) is -0.640. The number of nitrogens with two attached hydrogens (primary N) is 1. The summed E-state index contributed by atoms with van der Waals surface area (Å²) in [5, 5.41) is 0.307. The normalized spacial score (nSPS) is 10.3. The molecule has 0 heterocycles. The van der Waals surface area contributed by atoms with Gasteiger partial charge >= 0.3 is 0 Å². The summed E-state index contributed by atoms with van der Waals surface area (Å²) >= 11 is 5.95. The maximum absolute atomic E-state index is 13.7. The van der Waals surface area contributed by atoms with Crippen molar-refractivity contribution < 1.29 is 9.18 Å². The van der Waals surface area contributed by atoms with Crippen LogP contribution in [0.5, 0.6) is 0 Å². The Bertz CT molecular complexity index is 608. The van der Waals surface area contributed by atoms with Crippen LogP contribution >= 0.6 is 11.6 Å². The fourth-order valence-corrected chi connectivity index (χ4v) is 2.06. The molecular weight excluding hydrogens is 279 g/mol. The van der Waals surface area contributed by atoms with E-state index in [1.54, 1.807) is 37.4 Å². The second-order valence-electron chi connectivity index (χ2n) is 4.48. The third-order valence-corrected chi connectivity index (χ3v) is 3.32. The number of rotatable bonds is 3. The maximum atomic E-state index is 13.7. The highest BCUT2D eigenvalue weighted by Gasteiger charge is 2.15. The Morgan fingerprint density at radius 1 is 1.25 bits per heavy atom. The van der Waals surface area contributed by atoms with E-state index in [4.69, 9.17) is 17.3 Å². The van der Waals surface area contributed by atoms with Crippen LogP contribution in [0.25, 0.3) is 0 Å². The molecule has 2 aromatic rings. The summed E-state index contributed by atoms with van der Waals surface area (Å²) in [7, 11) is 1.60. The first kappa shape index (κ1) is 14.3. The van der Waals surface area contributed by atoms with Crippen LogP contribution in [0, 0.1) is 5.82 Å². The van der Waals surface area contributed by atoms with E-state index in [0.717, 1.165) is 0 Å². The summed E-state index contributed by atoms with van der Waals surface area (Å²) in [5.41, 5.74) is 6.96. The summed E-state index contributed by atoms with van der Waals surface area (Å²) in [6.07, 6.45) is 0. The highest BCUT2D eigenvalue weighted by atomic mass is 35.5. The molecule has 0 aliphatic rings. The Balaban J connectivity index is 2.17. The van der Waals surface area contributed by atoms with Gasteiger partial charge in [0, 0.05) is 35.4 Å². The van der Waals surface area contributed by atoms with Gasteiger partial charge in [-0.05, 0) is 36.4 Å². The number of halogens is 2. The molecule has 104 valence electrons. The second-order valence-corrected chi connectivity index (χ2v) is 4.89. The van der Waals surface area contributed by atoms with Gasteiger partial charge in [-0.3, -0.25) is 4.79 Å². The lowest BCUT2D eigenvalue weighted by molar-refractivity contribution is 0.0784. The highest BCUT2D eigenvalue weighted by Crippen LogP contribution is 2.21. The molecule has 5 heteroatoms. The lowest BCUT2D eigenvalue weighted by atomic mass is 10.1. The Hall–Kier alpha value is -2.07. The van der Waals surface area contributed by atoms with Crippen molar-refractivity contribution >= 4 is 23.2 Å². The van der Waals surface area contributed by atoms with E-state index >= 15 is 0 Å². The molecule has 0 atom stereocenters. The van der Waals surface area contributed by atoms with Crippen molar-refractivity contribution in [1.29, 1.82) is 0 Å². The third kappa shape index (κ3) is 3.08. The van der Waals surface area contributed by atoms with Crippen LogP contribution in [0.2, 0.25) is 5.02 Å². The molecule has 0 unspecified atom stereocenters. The number of carbonyl (C=O) groups excluding carboxylic acids is 1. The minimum Gasteiger partial charge on any atom is -0.399 e. The fourth-order valence-electron chi connectivity index (χ4n) is 1.84. The van der Waals surface area contributed by atoms with Crippen LogP contribution < -0.4 is 5.73 Å². The Morgan fingerprint density at radius 2 is 1.90 bits per heavy atom. The zero-order chi connectivity index (χ0) is 14.7. The minimum atomic E-state index is -0.422. The number of hydrogen-bond acceptors (Lipinski definition) is 2. The first-order chi connectivity index (χ1) is 9.49. The molecule has 0 aromatic heterocycles. The molecule has 0 radical (unpaired) electrons. The molecule has 0 saturated heterocycles. The van der Waals surface area contributed by atoms with Gasteiger partial charge in [-0.1, -0.05) is 17.7 Å². The fraction of sp³-hybridized carbons (Fsp3) is 0.133. The monoisotopic (exact) mass is 292 g/mol. The predicted octanol–water partition coefficient (Wildman–Crippen LogP) is 3.33. The highest BCUT2D eigenvalue weighted by molar-refractivity contribution is 6.31. The number of amides is 1.